The van der Waals surface area contributed by atoms with Crippen LogP contribution in [-0.2, 0) is 6.54 Å². The Morgan fingerprint density at radius 2 is 2.00 bits per heavy atom. The maximum absolute atomic E-state index is 6.36. The summed E-state index contributed by atoms with van der Waals surface area (Å²) in [6.45, 7) is 5.72. The molecule has 1 aromatic heterocycles. The summed E-state index contributed by atoms with van der Waals surface area (Å²) in [5, 5.41) is 3.50. The summed E-state index contributed by atoms with van der Waals surface area (Å²) in [5.74, 6) is 0. The van der Waals surface area contributed by atoms with Crippen molar-refractivity contribution in [3.05, 3.63) is 56.2 Å². The van der Waals surface area contributed by atoms with Crippen LogP contribution >= 0.6 is 34.5 Å². The van der Waals surface area contributed by atoms with Gasteiger partial charge in [-0.2, -0.15) is 0 Å². The summed E-state index contributed by atoms with van der Waals surface area (Å²) >= 11 is 14.2. The highest BCUT2D eigenvalue weighted by atomic mass is 35.5. The second kappa shape index (κ2) is 7.61. The quantitative estimate of drug-likeness (QED) is 0.803. The van der Waals surface area contributed by atoms with Gasteiger partial charge in [-0.15, -0.1) is 11.3 Å². The minimum absolute atomic E-state index is 0.0540. The Morgan fingerprint density at radius 1 is 1.24 bits per heavy atom. The van der Waals surface area contributed by atoms with E-state index in [0.717, 1.165) is 12.1 Å². The molecule has 2 nitrogen and oxygen atoms in total. The molecule has 0 bridgehead atoms. The lowest BCUT2D eigenvalue weighted by atomic mass is 10.0. The third-order valence-electron chi connectivity index (χ3n) is 3.52. The van der Waals surface area contributed by atoms with Crippen molar-refractivity contribution in [1.29, 1.82) is 0 Å². The molecule has 5 heteroatoms. The molecule has 0 amide bonds. The highest BCUT2D eigenvalue weighted by Crippen LogP contribution is 2.32. The van der Waals surface area contributed by atoms with Crippen molar-refractivity contribution in [2.75, 3.05) is 6.54 Å². The van der Waals surface area contributed by atoms with Crippen LogP contribution in [0.4, 0.5) is 0 Å². The molecule has 1 heterocycles. The first-order chi connectivity index (χ1) is 10.0. The standard InChI is InChI=1S/C16H20Cl2N2S/c1-11(2)20(10-13-4-3-7-21-13)16(9-19)14-8-12(17)5-6-15(14)18/h3-8,11,16H,9-10,19H2,1-2H3. The number of hydrogen-bond acceptors (Lipinski definition) is 3. The van der Waals surface area contributed by atoms with Crippen LogP contribution in [0.2, 0.25) is 10.0 Å². The number of nitrogens with zero attached hydrogens (tertiary/aromatic N) is 1. The van der Waals surface area contributed by atoms with E-state index in [0.29, 0.717) is 22.6 Å². The summed E-state index contributed by atoms with van der Waals surface area (Å²) in [6, 6.07) is 10.2. The zero-order valence-corrected chi connectivity index (χ0v) is 14.6. The Morgan fingerprint density at radius 3 is 2.57 bits per heavy atom. The van der Waals surface area contributed by atoms with Crippen LogP contribution in [0.5, 0.6) is 0 Å². The molecule has 1 unspecified atom stereocenters. The van der Waals surface area contributed by atoms with E-state index in [1.54, 1.807) is 17.4 Å². The van der Waals surface area contributed by atoms with E-state index in [1.807, 2.05) is 12.1 Å². The van der Waals surface area contributed by atoms with Gasteiger partial charge in [-0.1, -0.05) is 29.3 Å². The lowest BCUT2D eigenvalue weighted by molar-refractivity contribution is 0.149. The van der Waals surface area contributed by atoms with Crippen LogP contribution < -0.4 is 5.73 Å². The molecule has 0 saturated carbocycles. The average Bonchev–Trinajstić information content (AvgIpc) is 2.95. The van der Waals surface area contributed by atoms with E-state index < -0.39 is 0 Å². The van der Waals surface area contributed by atoms with Crippen LogP contribution in [0.15, 0.2) is 35.7 Å². The van der Waals surface area contributed by atoms with Crippen LogP contribution in [-0.4, -0.2) is 17.5 Å². The van der Waals surface area contributed by atoms with Gasteiger partial charge in [-0.05, 0) is 49.1 Å². The van der Waals surface area contributed by atoms with E-state index in [1.165, 1.54) is 4.88 Å². The highest BCUT2D eigenvalue weighted by Gasteiger charge is 2.24. The van der Waals surface area contributed by atoms with Crippen LogP contribution in [0.1, 0.15) is 30.3 Å². The summed E-state index contributed by atoms with van der Waals surface area (Å²) in [6.07, 6.45) is 0. The molecule has 1 atom stereocenters. The van der Waals surface area contributed by atoms with Crippen LogP contribution in [0, 0.1) is 0 Å². The summed E-state index contributed by atoms with van der Waals surface area (Å²) in [4.78, 5) is 3.68. The first kappa shape index (κ1) is 16.8. The van der Waals surface area contributed by atoms with Gasteiger partial charge in [0.2, 0.25) is 0 Å². The molecule has 114 valence electrons. The second-order valence-corrected chi connectivity index (χ2v) is 7.14. The molecule has 21 heavy (non-hydrogen) atoms. The second-order valence-electron chi connectivity index (χ2n) is 5.26. The number of nitrogens with two attached hydrogens (primary N) is 1. The van der Waals surface area contributed by atoms with Crippen molar-refractivity contribution in [3.8, 4) is 0 Å². The van der Waals surface area contributed by atoms with E-state index in [9.17, 15) is 0 Å². The third kappa shape index (κ3) is 4.21. The van der Waals surface area contributed by atoms with E-state index >= 15 is 0 Å². The number of hydrogen-bond donors (Lipinski definition) is 1. The largest absolute Gasteiger partial charge is 0.329 e. The molecule has 0 fully saturated rings. The molecule has 0 radical (unpaired) electrons. The van der Waals surface area contributed by atoms with Crippen molar-refractivity contribution < 1.29 is 0 Å². The average molecular weight is 343 g/mol. The minimum atomic E-state index is 0.0540. The third-order valence-corrected chi connectivity index (χ3v) is 4.96. The molecular weight excluding hydrogens is 323 g/mol. The molecule has 0 saturated heterocycles. The molecule has 0 aliphatic heterocycles. The van der Waals surface area contributed by atoms with Crippen molar-refractivity contribution in [3.63, 3.8) is 0 Å². The van der Waals surface area contributed by atoms with Gasteiger partial charge in [0.15, 0.2) is 0 Å². The molecule has 0 aliphatic carbocycles. The predicted octanol–water partition coefficient (Wildman–Crippen LogP) is 4.97. The summed E-state index contributed by atoms with van der Waals surface area (Å²) in [5.41, 5.74) is 7.05. The Kier molecular flexibility index (Phi) is 6.08. The molecule has 2 N–H and O–H groups in total. The Bertz CT molecular complexity index is 570. The first-order valence-electron chi connectivity index (χ1n) is 6.96. The topological polar surface area (TPSA) is 29.3 Å². The number of rotatable bonds is 6. The van der Waals surface area contributed by atoms with Gasteiger partial charge in [-0.25, -0.2) is 0 Å². The smallest absolute Gasteiger partial charge is 0.0492 e. The van der Waals surface area contributed by atoms with Gasteiger partial charge in [0.1, 0.15) is 0 Å². The van der Waals surface area contributed by atoms with E-state index in [4.69, 9.17) is 28.9 Å². The maximum atomic E-state index is 6.36. The first-order valence-corrected chi connectivity index (χ1v) is 8.59. The van der Waals surface area contributed by atoms with E-state index in [2.05, 4.69) is 36.3 Å². The van der Waals surface area contributed by atoms with Crippen molar-refractivity contribution >= 4 is 34.5 Å². The van der Waals surface area contributed by atoms with Crippen LogP contribution in [0.25, 0.3) is 0 Å². The molecule has 0 aliphatic rings. The van der Waals surface area contributed by atoms with Gasteiger partial charge >= 0.3 is 0 Å². The van der Waals surface area contributed by atoms with Gasteiger partial charge in [0, 0.05) is 40.1 Å². The van der Waals surface area contributed by atoms with Gasteiger partial charge in [0.05, 0.1) is 0 Å². The fraction of sp³-hybridized carbons (Fsp3) is 0.375. The molecule has 0 spiro atoms. The number of halogens is 2. The maximum Gasteiger partial charge on any atom is 0.0492 e. The predicted molar refractivity (Wildman–Crippen MR) is 93.3 cm³/mol. The molecule has 2 rings (SSSR count). The fourth-order valence-corrected chi connectivity index (χ4v) is 3.58. The molecule has 1 aromatic carbocycles. The highest BCUT2D eigenvalue weighted by molar-refractivity contribution is 7.09. The van der Waals surface area contributed by atoms with E-state index in [-0.39, 0.29) is 6.04 Å². The summed E-state index contributed by atoms with van der Waals surface area (Å²) < 4.78 is 0. The fourth-order valence-electron chi connectivity index (χ4n) is 2.45. The molecular formula is C16H20Cl2N2S. The zero-order chi connectivity index (χ0) is 15.4. The lowest BCUT2D eigenvalue weighted by Crippen LogP contribution is -2.38. The zero-order valence-electron chi connectivity index (χ0n) is 12.2. The minimum Gasteiger partial charge on any atom is -0.329 e. The Hall–Kier alpha value is -0.580. The van der Waals surface area contributed by atoms with Crippen molar-refractivity contribution in [1.82, 2.24) is 4.90 Å². The van der Waals surface area contributed by atoms with Gasteiger partial charge in [-0.3, -0.25) is 4.90 Å². The number of benzene rings is 1. The van der Waals surface area contributed by atoms with Gasteiger partial charge < -0.3 is 5.73 Å². The Balaban J connectivity index is 2.33. The summed E-state index contributed by atoms with van der Waals surface area (Å²) in [7, 11) is 0. The van der Waals surface area contributed by atoms with Crippen molar-refractivity contribution in [2.24, 2.45) is 5.73 Å². The molecule has 2 aromatic rings. The van der Waals surface area contributed by atoms with Crippen LogP contribution in [0.3, 0.4) is 0 Å². The SMILES string of the molecule is CC(C)N(Cc1cccs1)C(CN)c1cc(Cl)ccc1Cl. The lowest BCUT2D eigenvalue weighted by Gasteiger charge is -2.34. The Labute approximate surface area is 140 Å². The van der Waals surface area contributed by atoms with Crippen molar-refractivity contribution in [2.45, 2.75) is 32.5 Å². The normalized spacial score (nSPS) is 13.1. The monoisotopic (exact) mass is 342 g/mol. The van der Waals surface area contributed by atoms with Gasteiger partial charge in [0.25, 0.3) is 0 Å². The number of thiophene rings is 1.